The molecule has 296 valence electrons. The van der Waals surface area contributed by atoms with Gasteiger partial charge in [-0.15, -0.1) is 6.58 Å². The van der Waals surface area contributed by atoms with Crippen LogP contribution in [0.2, 0.25) is 0 Å². The molecule has 3 saturated carbocycles. The molecule has 3 aliphatic carbocycles. The Morgan fingerprint density at radius 1 is 0.981 bits per heavy atom. The molecule has 4 amide bonds. The number of hydrogen-bond donors (Lipinski definition) is 5. The average Bonchev–Trinajstić information content (AvgIpc) is 3.62. The molecule has 12 heteroatoms. The first-order chi connectivity index (χ1) is 24.4. The number of carbonyl (C=O) groups is 4. The number of aliphatic hydroxyl groups is 1. The van der Waals surface area contributed by atoms with Crippen LogP contribution < -0.4 is 21.3 Å². The molecule has 0 aromatic heterocycles. The molecule has 0 radical (unpaired) electrons. The van der Waals surface area contributed by atoms with Gasteiger partial charge in [0.25, 0.3) is 5.91 Å². The second-order valence-corrected chi connectivity index (χ2v) is 21.1. The topological polar surface area (TPSA) is 157 Å². The zero-order chi connectivity index (χ0) is 38.5. The van der Waals surface area contributed by atoms with Crippen LogP contribution in [0, 0.1) is 23.2 Å². The van der Waals surface area contributed by atoms with Gasteiger partial charge in [0.1, 0.15) is 6.23 Å². The van der Waals surface area contributed by atoms with Gasteiger partial charge in [-0.2, -0.15) is 0 Å². The summed E-state index contributed by atoms with van der Waals surface area (Å²) in [6.07, 6.45) is 12.1. The molecule has 5 N–H and O–H groups in total. The fourth-order valence-corrected chi connectivity index (χ4v) is 11.1. The van der Waals surface area contributed by atoms with E-state index in [-0.39, 0.29) is 41.7 Å². The van der Waals surface area contributed by atoms with Crippen LogP contribution in [0.5, 0.6) is 0 Å². The first kappa shape index (κ1) is 42.3. The summed E-state index contributed by atoms with van der Waals surface area (Å²) in [7, 11) is -2.55. The van der Waals surface area contributed by atoms with E-state index in [1.54, 1.807) is 0 Å². The predicted molar refractivity (Wildman–Crippen MR) is 209 cm³/mol. The van der Waals surface area contributed by atoms with Crippen LogP contribution in [0.1, 0.15) is 131 Å². The van der Waals surface area contributed by atoms with Gasteiger partial charge in [-0.05, 0) is 104 Å². The van der Waals surface area contributed by atoms with Gasteiger partial charge < -0.3 is 26.4 Å². The summed E-state index contributed by atoms with van der Waals surface area (Å²) in [5.41, 5.74) is -0.722. The molecule has 4 rings (SSSR count). The summed E-state index contributed by atoms with van der Waals surface area (Å²) < 4.78 is 13.4. The summed E-state index contributed by atoms with van der Waals surface area (Å²) in [5.74, 6) is 2.71. The van der Waals surface area contributed by atoms with Crippen molar-refractivity contribution in [3.63, 3.8) is 0 Å². The molecular weight excluding hydrogens is 679 g/mol. The Morgan fingerprint density at radius 2 is 1.62 bits per heavy atom. The summed E-state index contributed by atoms with van der Waals surface area (Å²) in [6.45, 7) is 16.3. The van der Waals surface area contributed by atoms with Gasteiger partial charge in [0, 0.05) is 23.6 Å². The van der Waals surface area contributed by atoms with Gasteiger partial charge in [-0.1, -0.05) is 71.8 Å². The summed E-state index contributed by atoms with van der Waals surface area (Å²) in [5, 5.41) is 24.4. The van der Waals surface area contributed by atoms with E-state index >= 15 is 0 Å². The standard InChI is InChI=1S/C40H69N5O6S/c1-9-17-30(33(46)35(48)41-24-10-2)42-34(47)32-28-20-23-39(6,7)29(28)25-45(32)36(49)31(27-18-13-11-14-19-27)43-37(50)44-40(21-15-12-16-22-40)26-52(8,51)38(3,4)5/h10,27-32,36,49H,2,8-9,11-26H2,1,3-7H3,(H,41,48)(H,42,47)(H2,43,44,50)/t28-,29-,30?,31?,32-,36?,52?/m0/s1. The number of rotatable bonds is 15. The smallest absolute Gasteiger partial charge is 0.315 e. The van der Waals surface area contributed by atoms with Crippen molar-refractivity contribution >= 4 is 39.0 Å². The number of Topliss-reactive ketones (excluding diaryl/α,β-unsaturated/α-hetero) is 1. The largest absolute Gasteiger partial charge is 0.376 e. The number of ketones is 1. The third-order valence-electron chi connectivity index (χ3n) is 12.9. The zero-order valence-corrected chi connectivity index (χ0v) is 33.7. The molecule has 0 aromatic carbocycles. The van der Waals surface area contributed by atoms with E-state index in [9.17, 15) is 28.5 Å². The van der Waals surface area contributed by atoms with Crippen LogP contribution in [0.25, 0.3) is 0 Å². The highest BCUT2D eigenvalue weighted by molar-refractivity contribution is 8.01. The number of aliphatic hydroxyl groups excluding tert-OH is 1. The van der Waals surface area contributed by atoms with Crippen molar-refractivity contribution in [2.24, 2.45) is 23.2 Å². The Kier molecular flexibility index (Phi) is 14.1. The SMILES string of the molecule is C=CCNC(=O)C(=O)C(CCC)NC(=O)[C@@H]1[C@H]2CCC(C)(C)[C@H]2CN1C(O)C(NC(=O)NC1(CS(=C)(=O)C(C)(C)C)CCCCC1)C1CCCCC1. The second-order valence-electron chi connectivity index (χ2n) is 18.0. The highest BCUT2D eigenvalue weighted by Gasteiger charge is 2.57. The predicted octanol–water partition coefficient (Wildman–Crippen LogP) is 4.66. The van der Waals surface area contributed by atoms with Gasteiger partial charge in [-0.3, -0.25) is 23.5 Å². The van der Waals surface area contributed by atoms with E-state index in [1.807, 2.05) is 32.6 Å². The number of amides is 4. The van der Waals surface area contributed by atoms with Crippen molar-refractivity contribution in [1.82, 2.24) is 26.2 Å². The maximum absolute atomic E-state index is 14.4. The van der Waals surface area contributed by atoms with Gasteiger partial charge in [0.15, 0.2) is 0 Å². The zero-order valence-electron chi connectivity index (χ0n) is 32.9. The molecule has 1 aliphatic heterocycles. The van der Waals surface area contributed by atoms with Crippen molar-refractivity contribution < 1.29 is 28.5 Å². The number of hydrogen-bond acceptors (Lipinski definition) is 7. The normalized spacial score (nSPS) is 27.6. The number of likely N-dealkylation sites (tertiary alicyclic amines) is 1. The summed E-state index contributed by atoms with van der Waals surface area (Å²) >= 11 is 0. The van der Waals surface area contributed by atoms with Crippen LogP contribution in [0.4, 0.5) is 4.79 Å². The monoisotopic (exact) mass is 747 g/mol. The molecule has 4 aliphatic rings. The molecule has 1 heterocycles. The van der Waals surface area contributed by atoms with Gasteiger partial charge in [0.05, 0.1) is 23.7 Å². The fourth-order valence-electron chi connectivity index (χ4n) is 9.45. The Hall–Kier alpha value is -2.44. The Labute approximate surface area is 313 Å². The molecule has 0 aromatic rings. The van der Waals surface area contributed by atoms with Gasteiger partial charge >= 0.3 is 6.03 Å². The maximum Gasteiger partial charge on any atom is 0.315 e. The molecule has 4 unspecified atom stereocenters. The van der Waals surface area contributed by atoms with E-state index in [0.717, 1.165) is 77.0 Å². The van der Waals surface area contributed by atoms with Crippen LogP contribution in [0.3, 0.4) is 0 Å². The van der Waals surface area contributed by atoms with Crippen LogP contribution in [0.15, 0.2) is 12.7 Å². The van der Waals surface area contributed by atoms with Crippen molar-refractivity contribution in [2.75, 3.05) is 18.8 Å². The lowest BCUT2D eigenvalue weighted by molar-refractivity contribution is -0.141. The van der Waals surface area contributed by atoms with Crippen LogP contribution in [-0.4, -0.2) is 97.2 Å². The minimum absolute atomic E-state index is 0.00332. The molecule has 11 nitrogen and oxygen atoms in total. The van der Waals surface area contributed by atoms with Gasteiger partial charge in [0.2, 0.25) is 11.7 Å². The minimum Gasteiger partial charge on any atom is -0.376 e. The van der Waals surface area contributed by atoms with Crippen molar-refractivity contribution in [3.8, 4) is 0 Å². The highest BCUT2D eigenvalue weighted by Crippen LogP contribution is 2.53. The third-order valence-corrected chi connectivity index (χ3v) is 16.1. The van der Waals surface area contributed by atoms with E-state index < -0.39 is 55.9 Å². The van der Waals surface area contributed by atoms with Crippen molar-refractivity contribution in [3.05, 3.63) is 12.7 Å². The summed E-state index contributed by atoms with van der Waals surface area (Å²) in [6, 6.07) is -2.76. The number of fused-ring (bicyclic) bond motifs is 1. The number of urea groups is 1. The number of carbonyl (C=O) groups excluding carboxylic acids is 4. The Bertz CT molecular complexity index is 1390. The molecule has 0 bridgehead atoms. The van der Waals surface area contributed by atoms with Crippen molar-refractivity contribution in [2.45, 2.75) is 166 Å². The molecule has 7 atom stereocenters. The van der Waals surface area contributed by atoms with Crippen LogP contribution >= 0.6 is 0 Å². The number of nitrogens with one attached hydrogen (secondary N) is 4. The third kappa shape index (κ3) is 9.80. The van der Waals surface area contributed by atoms with Gasteiger partial charge in [-0.25, -0.2) is 4.79 Å². The van der Waals surface area contributed by atoms with E-state index in [2.05, 4.69) is 47.6 Å². The Morgan fingerprint density at radius 3 is 2.21 bits per heavy atom. The number of nitrogens with zero attached hydrogens (tertiary/aromatic N) is 1. The maximum atomic E-state index is 14.4. The second kappa shape index (κ2) is 17.4. The summed E-state index contributed by atoms with van der Waals surface area (Å²) in [4.78, 5) is 56.2. The molecule has 1 saturated heterocycles. The highest BCUT2D eigenvalue weighted by atomic mass is 32.2. The Balaban J connectivity index is 1.62. The fraction of sp³-hybridized carbons (Fsp3) is 0.825. The van der Waals surface area contributed by atoms with E-state index in [1.165, 1.54) is 6.08 Å². The molecule has 52 heavy (non-hydrogen) atoms. The van der Waals surface area contributed by atoms with E-state index in [0.29, 0.717) is 25.1 Å². The van der Waals surface area contributed by atoms with Crippen LogP contribution in [-0.2, 0) is 23.9 Å². The lowest BCUT2D eigenvalue weighted by atomic mass is 9.79. The first-order valence-electron chi connectivity index (χ1n) is 20.0. The van der Waals surface area contributed by atoms with E-state index in [4.69, 9.17) is 0 Å². The molecule has 0 spiro atoms. The lowest BCUT2D eigenvalue weighted by Crippen LogP contribution is -2.64. The first-order valence-corrected chi connectivity index (χ1v) is 21.9. The minimum atomic E-state index is -2.55. The molecule has 4 fully saturated rings. The van der Waals surface area contributed by atoms with Crippen molar-refractivity contribution in [1.29, 1.82) is 0 Å². The lowest BCUT2D eigenvalue weighted by Gasteiger charge is -2.43. The molecular formula is C40H69N5O6S. The average molecular weight is 748 g/mol. The quantitative estimate of drug-likeness (QED) is 0.0927.